The fraction of sp³-hybridized carbons (Fsp3) is 0.208. The third-order valence-corrected chi connectivity index (χ3v) is 5.26. The summed E-state index contributed by atoms with van der Waals surface area (Å²) in [5.74, 6) is 0.990. The van der Waals surface area contributed by atoms with Crippen molar-refractivity contribution in [2.45, 2.75) is 13.0 Å². The van der Waals surface area contributed by atoms with Crippen molar-refractivity contribution < 1.29 is 18.7 Å². The molecule has 0 fully saturated rings. The van der Waals surface area contributed by atoms with E-state index in [0.717, 1.165) is 15.6 Å². The van der Waals surface area contributed by atoms with Crippen molar-refractivity contribution in [2.75, 3.05) is 26.1 Å². The molecule has 162 valence electrons. The van der Waals surface area contributed by atoms with E-state index in [1.165, 1.54) is 12.1 Å². The van der Waals surface area contributed by atoms with Crippen LogP contribution in [-0.2, 0) is 13.0 Å². The number of ether oxygens (including phenoxy) is 2. The highest BCUT2D eigenvalue weighted by Gasteiger charge is 2.15. The van der Waals surface area contributed by atoms with Gasteiger partial charge in [0.15, 0.2) is 11.5 Å². The molecular weight excluding hydrogens is 463 g/mol. The molecule has 0 radical (unpaired) electrons. The lowest BCUT2D eigenvalue weighted by Crippen LogP contribution is -2.36. The number of nitrogens with one attached hydrogen (secondary N) is 1. The van der Waals surface area contributed by atoms with Gasteiger partial charge in [-0.05, 0) is 60.0 Å². The van der Waals surface area contributed by atoms with E-state index in [0.29, 0.717) is 36.7 Å². The number of amides is 2. The van der Waals surface area contributed by atoms with Crippen LogP contribution in [0.1, 0.15) is 11.1 Å². The number of carbonyl (C=O) groups excluding carboxylic acids is 1. The summed E-state index contributed by atoms with van der Waals surface area (Å²) in [6.45, 7) is 0.820. The number of rotatable bonds is 8. The van der Waals surface area contributed by atoms with Crippen LogP contribution in [0.4, 0.5) is 14.9 Å². The summed E-state index contributed by atoms with van der Waals surface area (Å²) in [5.41, 5.74) is 2.55. The van der Waals surface area contributed by atoms with Crippen LogP contribution >= 0.6 is 15.9 Å². The quantitative estimate of drug-likeness (QED) is 0.432. The molecule has 3 aromatic rings. The van der Waals surface area contributed by atoms with E-state index in [1.54, 1.807) is 31.3 Å². The van der Waals surface area contributed by atoms with Crippen LogP contribution in [0.5, 0.6) is 11.5 Å². The first-order chi connectivity index (χ1) is 15.0. The molecule has 0 aliphatic rings. The average molecular weight is 487 g/mol. The molecule has 0 atom stereocenters. The number of anilines is 1. The molecule has 0 aliphatic carbocycles. The number of carbonyl (C=O) groups is 1. The number of benzene rings is 3. The van der Waals surface area contributed by atoms with E-state index in [4.69, 9.17) is 9.47 Å². The molecule has 5 nitrogen and oxygen atoms in total. The molecule has 3 rings (SSSR count). The zero-order valence-corrected chi connectivity index (χ0v) is 19.0. The lowest BCUT2D eigenvalue weighted by Gasteiger charge is -2.24. The number of methoxy groups -OCH3 is 2. The van der Waals surface area contributed by atoms with Crippen molar-refractivity contribution in [3.63, 3.8) is 0 Å². The van der Waals surface area contributed by atoms with Crippen LogP contribution in [0.15, 0.2) is 71.2 Å². The number of halogens is 2. The van der Waals surface area contributed by atoms with Gasteiger partial charge in [0.2, 0.25) is 0 Å². The zero-order chi connectivity index (χ0) is 22.2. The minimum atomic E-state index is -0.306. The zero-order valence-electron chi connectivity index (χ0n) is 17.4. The Kier molecular flexibility index (Phi) is 7.89. The van der Waals surface area contributed by atoms with Crippen molar-refractivity contribution in [3.8, 4) is 11.5 Å². The fourth-order valence-corrected chi connectivity index (χ4v) is 3.53. The molecule has 0 heterocycles. The van der Waals surface area contributed by atoms with Crippen LogP contribution < -0.4 is 14.8 Å². The summed E-state index contributed by atoms with van der Waals surface area (Å²) in [7, 11) is 3.18. The Hall–Kier alpha value is -3.06. The first-order valence-corrected chi connectivity index (χ1v) is 10.5. The Morgan fingerprint density at radius 2 is 1.68 bits per heavy atom. The maximum atomic E-state index is 13.3. The maximum Gasteiger partial charge on any atom is 0.322 e. The van der Waals surface area contributed by atoms with Gasteiger partial charge in [-0.3, -0.25) is 0 Å². The highest BCUT2D eigenvalue weighted by molar-refractivity contribution is 9.10. The van der Waals surface area contributed by atoms with Gasteiger partial charge in [0.05, 0.1) is 14.2 Å². The molecule has 7 heteroatoms. The summed E-state index contributed by atoms with van der Waals surface area (Å²) < 4.78 is 24.8. The predicted molar refractivity (Wildman–Crippen MR) is 123 cm³/mol. The van der Waals surface area contributed by atoms with E-state index in [1.807, 2.05) is 42.5 Å². The predicted octanol–water partition coefficient (Wildman–Crippen LogP) is 5.88. The van der Waals surface area contributed by atoms with Gasteiger partial charge < -0.3 is 19.7 Å². The van der Waals surface area contributed by atoms with Crippen molar-refractivity contribution in [1.29, 1.82) is 0 Å². The molecule has 0 spiro atoms. The Balaban J connectivity index is 1.76. The van der Waals surface area contributed by atoms with Gasteiger partial charge in [-0.2, -0.15) is 0 Å². The van der Waals surface area contributed by atoms with E-state index in [9.17, 15) is 9.18 Å². The molecule has 0 saturated heterocycles. The maximum absolute atomic E-state index is 13.3. The SMILES string of the molecule is COc1ccc(CCN(Cc2ccc(F)cc2)C(=O)Nc2cccc(Br)c2)cc1OC. The topological polar surface area (TPSA) is 50.8 Å². The van der Waals surface area contributed by atoms with Crippen LogP contribution in [0.3, 0.4) is 0 Å². The van der Waals surface area contributed by atoms with E-state index in [-0.39, 0.29) is 11.8 Å². The second-order valence-corrected chi connectivity index (χ2v) is 7.84. The minimum absolute atomic E-state index is 0.233. The third kappa shape index (κ3) is 6.46. The summed E-state index contributed by atoms with van der Waals surface area (Å²) in [5, 5.41) is 2.93. The highest BCUT2D eigenvalue weighted by atomic mass is 79.9. The molecule has 1 N–H and O–H groups in total. The number of hydrogen-bond acceptors (Lipinski definition) is 3. The van der Waals surface area contributed by atoms with Gasteiger partial charge in [0.1, 0.15) is 5.82 Å². The second kappa shape index (κ2) is 10.8. The molecule has 0 aliphatic heterocycles. The van der Waals surface area contributed by atoms with Gasteiger partial charge in [0.25, 0.3) is 0 Å². The van der Waals surface area contributed by atoms with E-state index < -0.39 is 0 Å². The molecule has 0 saturated carbocycles. The van der Waals surface area contributed by atoms with Crippen molar-refractivity contribution in [1.82, 2.24) is 4.90 Å². The monoisotopic (exact) mass is 486 g/mol. The lowest BCUT2D eigenvalue weighted by atomic mass is 10.1. The van der Waals surface area contributed by atoms with Crippen molar-refractivity contribution >= 4 is 27.6 Å². The molecule has 2 amide bonds. The van der Waals surface area contributed by atoms with Gasteiger partial charge >= 0.3 is 6.03 Å². The Morgan fingerprint density at radius 3 is 2.35 bits per heavy atom. The van der Waals surface area contributed by atoms with E-state index in [2.05, 4.69) is 21.2 Å². The Morgan fingerprint density at radius 1 is 0.968 bits per heavy atom. The first kappa shape index (κ1) is 22.6. The molecule has 31 heavy (non-hydrogen) atoms. The highest BCUT2D eigenvalue weighted by Crippen LogP contribution is 2.28. The normalized spacial score (nSPS) is 10.5. The number of nitrogens with zero attached hydrogens (tertiary/aromatic N) is 1. The minimum Gasteiger partial charge on any atom is -0.493 e. The van der Waals surface area contributed by atoms with Gasteiger partial charge in [0, 0.05) is 23.2 Å². The van der Waals surface area contributed by atoms with E-state index >= 15 is 0 Å². The fourth-order valence-electron chi connectivity index (χ4n) is 3.13. The Labute approximate surface area is 189 Å². The first-order valence-electron chi connectivity index (χ1n) is 9.75. The summed E-state index contributed by atoms with van der Waals surface area (Å²) in [4.78, 5) is 14.7. The standard InChI is InChI=1S/C24H24BrFN2O3/c1-30-22-11-8-17(14-23(22)31-2)12-13-28(16-18-6-9-20(26)10-7-18)24(29)27-21-5-3-4-19(25)15-21/h3-11,14-15H,12-13,16H2,1-2H3,(H,27,29). The summed E-state index contributed by atoms with van der Waals surface area (Å²) in [6, 6.07) is 19.0. The van der Waals surface area contributed by atoms with Crippen molar-refractivity contribution in [3.05, 3.63) is 88.1 Å². The lowest BCUT2D eigenvalue weighted by molar-refractivity contribution is 0.209. The smallest absolute Gasteiger partial charge is 0.322 e. The van der Waals surface area contributed by atoms with Crippen molar-refractivity contribution in [2.24, 2.45) is 0 Å². The summed E-state index contributed by atoms with van der Waals surface area (Å²) in [6.07, 6.45) is 0.619. The van der Waals surface area contributed by atoms with Gasteiger partial charge in [-0.15, -0.1) is 0 Å². The van der Waals surface area contributed by atoms with Gasteiger partial charge in [-0.1, -0.05) is 40.2 Å². The van der Waals surface area contributed by atoms with Crippen LogP contribution in [0.25, 0.3) is 0 Å². The molecule has 0 aromatic heterocycles. The molecule has 0 unspecified atom stereocenters. The largest absolute Gasteiger partial charge is 0.493 e. The summed E-state index contributed by atoms with van der Waals surface area (Å²) >= 11 is 3.41. The molecule has 3 aromatic carbocycles. The van der Waals surface area contributed by atoms with Crippen LogP contribution in [0.2, 0.25) is 0 Å². The number of hydrogen-bond donors (Lipinski definition) is 1. The Bertz CT molecular complexity index is 1030. The van der Waals surface area contributed by atoms with Gasteiger partial charge in [-0.25, -0.2) is 9.18 Å². The van der Waals surface area contributed by atoms with Crippen LogP contribution in [0, 0.1) is 5.82 Å². The molecule has 0 bridgehead atoms. The second-order valence-electron chi connectivity index (χ2n) is 6.93. The average Bonchev–Trinajstić information content (AvgIpc) is 2.77. The van der Waals surface area contributed by atoms with Crippen LogP contribution in [-0.4, -0.2) is 31.7 Å². The molecular formula is C24H24BrFN2O3. The third-order valence-electron chi connectivity index (χ3n) is 4.77. The number of urea groups is 1.